The van der Waals surface area contributed by atoms with Crippen LogP contribution in [-0.4, -0.2) is 42.3 Å². The summed E-state index contributed by atoms with van der Waals surface area (Å²) in [6.45, 7) is 2.90. The van der Waals surface area contributed by atoms with Crippen LogP contribution in [0.25, 0.3) is 0 Å². The number of likely N-dealkylation sites (tertiary alicyclic amines) is 1. The van der Waals surface area contributed by atoms with Gasteiger partial charge in [0.15, 0.2) is 0 Å². The van der Waals surface area contributed by atoms with Crippen molar-refractivity contribution in [1.82, 2.24) is 10.2 Å². The zero-order valence-electron chi connectivity index (χ0n) is 13.0. The van der Waals surface area contributed by atoms with Crippen molar-refractivity contribution >= 4 is 17.6 Å². The molecule has 6 nitrogen and oxygen atoms in total. The molecule has 3 amide bonds. The third-order valence-electron chi connectivity index (χ3n) is 3.46. The van der Waals surface area contributed by atoms with Gasteiger partial charge in [0.1, 0.15) is 11.8 Å². The van der Waals surface area contributed by atoms with Crippen molar-refractivity contribution in [3.63, 3.8) is 0 Å². The van der Waals surface area contributed by atoms with E-state index in [1.54, 1.807) is 11.8 Å². The van der Waals surface area contributed by atoms with E-state index in [1.807, 2.05) is 0 Å². The molecule has 0 saturated carbocycles. The van der Waals surface area contributed by atoms with E-state index < -0.39 is 24.2 Å². The molecule has 1 aliphatic heterocycles. The van der Waals surface area contributed by atoms with Gasteiger partial charge in [-0.15, -0.1) is 13.2 Å². The predicted molar refractivity (Wildman–Crippen MR) is 80.6 cm³/mol. The fourth-order valence-electron chi connectivity index (χ4n) is 2.41. The Morgan fingerprint density at radius 2 is 1.92 bits per heavy atom. The summed E-state index contributed by atoms with van der Waals surface area (Å²) in [4.78, 5) is 25.6. The zero-order valence-corrected chi connectivity index (χ0v) is 13.0. The van der Waals surface area contributed by atoms with Crippen LogP contribution in [-0.2, 0) is 4.79 Å². The van der Waals surface area contributed by atoms with E-state index in [0.29, 0.717) is 13.1 Å². The lowest BCUT2D eigenvalue weighted by atomic mass is 10.3. The number of urea groups is 1. The number of alkyl halides is 3. The normalized spacial score (nSPS) is 15.8. The van der Waals surface area contributed by atoms with Gasteiger partial charge in [-0.25, -0.2) is 4.79 Å². The molecule has 9 heteroatoms. The second-order valence-electron chi connectivity index (χ2n) is 5.43. The van der Waals surface area contributed by atoms with E-state index in [1.165, 1.54) is 12.1 Å². The first-order valence-corrected chi connectivity index (χ1v) is 7.47. The minimum atomic E-state index is -4.81. The number of hydrogen-bond acceptors (Lipinski definition) is 3. The van der Waals surface area contributed by atoms with Crippen molar-refractivity contribution in [3.8, 4) is 5.75 Å². The summed E-state index contributed by atoms with van der Waals surface area (Å²) in [5.41, 5.74) is 0.120. The number of hydrogen-bond donors (Lipinski definition) is 2. The van der Waals surface area contributed by atoms with Crippen LogP contribution >= 0.6 is 0 Å². The molecule has 1 atom stereocenters. The van der Waals surface area contributed by atoms with E-state index in [-0.39, 0.29) is 11.6 Å². The smallest absolute Gasteiger partial charge is 0.406 e. The highest BCUT2D eigenvalue weighted by molar-refractivity contribution is 5.93. The number of halogens is 3. The first-order valence-electron chi connectivity index (χ1n) is 7.47. The van der Waals surface area contributed by atoms with Gasteiger partial charge in [0.05, 0.1) is 0 Å². The molecule has 132 valence electrons. The van der Waals surface area contributed by atoms with Crippen molar-refractivity contribution in [3.05, 3.63) is 24.3 Å². The monoisotopic (exact) mass is 345 g/mol. The summed E-state index contributed by atoms with van der Waals surface area (Å²) < 4.78 is 40.3. The van der Waals surface area contributed by atoms with Gasteiger partial charge in [0.25, 0.3) is 0 Å². The second-order valence-corrected chi connectivity index (χ2v) is 5.43. The first-order chi connectivity index (χ1) is 11.2. The number of nitrogens with one attached hydrogen (secondary N) is 2. The number of carbonyl (C=O) groups excluding carboxylic acids is 2. The average Bonchev–Trinajstić information content (AvgIpc) is 2.98. The number of ether oxygens (including phenoxy) is 1. The molecule has 0 aromatic heterocycles. The molecular formula is C15H18F3N3O3. The van der Waals surface area contributed by atoms with Crippen LogP contribution in [0.5, 0.6) is 5.75 Å². The fraction of sp³-hybridized carbons (Fsp3) is 0.467. The lowest BCUT2D eigenvalue weighted by Crippen LogP contribution is -2.47. The highest BCUT2D eigenvalue weighted by Gasteiger charge is 2.31. The average molecular weight is 345 g/mol. The molecule has 1 fully saturated rings. The van der Waals surface area contributed by atoms with Crippen LogP contribution in [0.1, 0.15) is 19.8 Å². The topological polar surface area (TPSA) is 70.7 Å². The highest BCUT2D eigenvalue weighted by Crippen LogP contribution is 2.25. The lowest BCUT2D eigenvalue weighted by molar-refractivity contribution is -0.274. The quantitative estimate of drug-likeness (QED) is 0.881. The molecule has 1 aliphatic rings. The van der Waals surface area contributed by atoms with E-state index in [4.69, 9.17) is 0 Å². The number of benzene rings is 1. The molecule has 1 heterocycles. The maximum atomic E-state index is 12.2. The Morgan fingerprint density at radius 1 is 1.25 bits per heavy atom. The summed E-state index contributed by atoms with van der Waals surface area (Å²) in [7, 11) is 0. The van der Waals surface area contributed by atoms with Gasteiger partial charge in [-0.1, -0.05) is 6.07 Å². The molecule has 2 rings (SSSR count). The van der Waals surface area contributed by atoms with Crippen LogP contribution in [0, 0.1) is 0 Å². The Hall–Kier alpha value is -2.45. The molecule has 1 aromatic carbocycles. The van der Waals surface area contributed by atoms with E-state index in [2.05, 4.69) is 15.4 Å². The summed E-state index contributed by atoms with van der Waals surface area (Å²) >= 11 is 0. The van der Waals surface area contributed by atoms with Crippen LogP contribution in [0.3, 0.4) is 0 Å². The van der Waals surface area contributed by atoms with Gasteiger partial charge in [-0.3, -0.25) is 4.79 Å². The fourth-order valence-corrected chi connectivity index (χ4v) is 2.41. The van der Waals surface area contributed by atoms with Crippen LogP contribution < -0.4 is 15.4 Å². The van der Waals surface area contributed by atoms with E-state index in [9.17, 15) is 22.8 Å². The Labute approximate surface area is 137 Å². The van der Waals surface area contributed by atoms with Crippen molar-refractivity contribution in [2.45, 2.75) is 32.2 Å². The number of anilines is 1. The van der Waals surface area contributed by atoms with Crippen molar-refractivity contribution in [2.24, 2.45) is 0 Å². The maximum Gasteiger partial charge on any atom is 0.573 e. The molecule has 1 saturated heterocycles. The Kier molecular flexibility index (Phi) is 5.53. The molecule has 0 aliphatic carbocycles. The van der Waals surface area contributed by atoms with Crippen LogP contribution in [0.15, 0.2) is 24.3 Å². The van der Waals surface area contributed by atoms with Crippen molar-refractivity contribution in [1.29, 1.82) is 0 Å². The lowest BCUT2D eigenvalue weighted by Gasteiger charge is -2.21. The van der Waals surface area contributed by atoms with Crippen molar-refractivity contribution < 1.29 is 27.5 Å². The largest absolute Gasteiger partial charge is 0.573 e. The van der Waals surface area contributed by atoms with Gasteiger partial charge in [0, 0.05) is 24.8 Å². The molecule has 0 spiro atoms. The van der Waals surface area contributed by atoms with Gasteiger partial charge in [-0.2, -0.15) is 0 Å². The maximum absolute atomic E-state index is 12.2. The molecular weight excluding hydrogens is 327 g/mol. The van der Waals surface area contributed by atoms with E-state index in [0.717, 1.165) is 25.0 Å². The molecule has 0 bridgehead atoms. The number of nitrogens with zero attached hydrogens (tertiary/aromatic N) is 1. The third kappa shape index (κ3) is 5.32. The Morgan fingerprint density at radius 3 is 2.54 bits per heavy atom. The summed E-state index contributed by atoms with van der Waals surface area (Å²) in [6.07, 6.45) is -2.93. The standard InChI is InChI=1S/C15H18F3N3O3/c1-10(13(22)21-7-2-3-8-21)19-14(23)20-11-5-4-6-12(9-11)24-15(16,17)18/h4-6,9-10H,2-3,7-8H2,1H3,(H2,19,20,23)/t10-/m0/s1. The predicted octanol–water partition coefficient (Wildman–Crippen LogP) is 2.72. The summed E-state index contributed by atoms with van der Waals surface area (Å²) in [6, 6.07) is 3.48. The summed E-state index contributed by atoms with van der Waals surface area (Å²) in [5.74, 6) is -0.627. The minimum Gasteiger partial charge on any atom is -0.406 e. The SMILES string of the molecule is C[C@H](NC(=O)Nc1cccc(OC(F)(F)F)c1)C(=O)N1CCCC1. The highest BCUT2D eigenvalue weighted by atomic mass is 19.4. The first kappa shape index (κ1) is 17.9. The third-order valence-corrected chi connectivity index (χ3v) is 3.46. The minimum absolute atomic E-state index is 0.120. The second kappa shape index (κ2) is 7.41. The zero-order chi connectivity index (χ0) is 17.7. The Bertz CT molecular complexity index is 601. The molecule has 1 aromatic rings. The Balaban J connectivity index is 1.89. The van der Waals surface area contributed by atoms with Crippen molar-refractivity contribution in [2.75, 3.05) is 18.4 Å². The van der Waals surface area contributed by atoms with Gasteiger partial charge < -0.3 is 20.3 Å². The van der Waals surface area contributed by atoms with Crippen LogP contribution in [0.4, 0.5) is 23.7 Å². The number of rotatable bonds is 4. The van der Waals surface area contributed by atoms with Crippen LogP contribution in [0.2, 0.25) is 0 Å². The van der Waals surface area contributed by atoms with Gasteiger partial charge in [-0.05, 0) is 31.9 Å². The molecule has 0 radical (unpaired) electrons. The number of amides is 3. The molecule has 0 unspecified atom stereocenters. The van der Waals surface area contributed by atoms with E-state index >= 15 is 0 Å². The van der Waals surface area contributed by atoms with Gasteiger partial charge in [0.2, 0.25) is 5.91 Å². The summed E-state index contributed by atoms with van der Waals surface area (Å²) in [5, 5.41) is 4.84. The van der Waals surface area contributed by atoms with Gasteiger partial charge >= 0.3 is 12.4 Å². The molecule has 2 N–H and O–H groups in total. The molecule has 24 heavy (non-hydrogen) atoms. The number of carbonyl (C=O) groups is 2.